The van der Waals surface area contributed by atoms with Gasteiger partial charge >= 0.3 is 0 Å². The Bertz CT molecular complexity index is 1090. The molecule has 2 N–H and O–H groups in total. The number of rotatable bonds is 9. The Morgan fingerprint density at radius 3 is 2.42 bits per heavy atom. The van der Waals surface area contributed by atoms with Gasteiger partial charge in [-0.3, -0.25) is 14.4 Å². The molecule has 1 aliphatic heterocycles. The molecule has 1 aliphatic carbocycles. The van der Waals surface area contributed by atoms with Crippen molar-refractivity contribution in [1.82, 2.24) is 20.4 Å². The highest BCUT2D eigenvalue weighted by atomic mass is 19.1. The maximum atomic E-state index is 13.6. The third-order valence-corrected chi connectivity index (χ3v) is 6.84. The summed E-state index contributed by atoms with van der Waals surface area (Å²) in [6, 6.07) is 10.9. The van der Waals surface area contributed by atoms with Crippen LogP contribution in [0.5, 0.6) is 0 Å². The molecule has 3 atom stereocenters. The van der Waals surface area contributed by atoms with E-state index in [1.165, 1.54) is 30.3 Å². The van der Waals surface area contributed by atoms with Gasteiger partial charge in [-0.25, -0.2) is 8.78 Å². The molecule has 1 heterocycles. The first-order valence-corrected chi connectivity index (χ1v) is 12.4. The maximum Gasteiger partial charge on any atom is 0.252 e. The summed E-state index contributed by atoms with van der Waals surface area (Å²) in [6.45, 7) is 2.62. The van der Waals surface area contributed by atoms with Crippen LogP contribution in [-0.2, 0) is 9.59 Å². The monoisotopic (exact) mass is 498 g/mol. The highest BCUT2D eigenvalue weighted by Crippen LogP contribution is 2.40. The summed E-state index contributed by atoms with van der Waals surface area (Å²) in [5.74, 6) is -1.46. The van der Waals surface area contributed by atoms with Crippen LogP contribution in [0.4, 0.5) is 8.78 Å². The van der Waals surface area contributed by atoms with Crippen LogP contribution >= 0.6 is 0 Å². The van der Waals surface area contributed by atoms with Crippen molar-refractivity contribution in [3.8, 4) is 0 Å². The molecular weight excluding hydrogens is 466 g/mol. The van der Waals surface area contributed by atoms with Crippen molar-refractivity contribution in [2.24, 2.45) is 0 Å². The van der Waals surface area contributed by atoms with Gasteiger partial charge in [0.1, 0.15) is 17.7 Å². The number of piperazine rings is 1. The van der Waals surface area contributed by atoms with Crippen molar-refractivity contribution in [1.29, 1.82) is 0 Å². The summed E-state index contributed by atoms with van der Waals surface area (Å²) in [5.41, 5.74) is 1.14. The first-order chi connectivity index (χ1) is 17.3. The summed E-state index contributed by atoms with van der Waals surface area (Å²) in [6.07, 6.45) is 1.74. The number of benzene rings is 2. The zero-order valence-corrected chi connectivity index (χ0v) is 20.4. The zero-order valence-electron chi connectivity index (χ0n) is 20.4. The standard InChI is InChI=1S/C27H32F2N4O3/c1-32-12-14-33(15-13-32)27(36)23(31-26(35)19-4-2-5-21(29)16-19)6-3-7-25(34)30-24-17-22(24)18-8-10-20(28)11-9-18/h2,4-5,8-11,16,22-24H,3,6-7,12-15,17H2,1H3,(H,30,34)(H,31,35)/t22-,23-,24-/m0/s1. The number of amides is 3. The van der Waals surface area contributed by atoms with E-state index >= 15 is 0 Å². The van der Waals surface area contributed by atoms with Crippen LogP contribution in [0.15, 0.2) is 48.5 Å². The lowest BCUT2D eigenvalue weighted by atomic mass is 10.1. The van der Waals surface area contributed by atoms with Crippen LogP contribution in [0.3, 0.4) is 0 Å². The number of halogens is 2. The number of hydrogen-bond donors (Lipinski definition) is 2. The summed E-state index contributed by atoms with van der Waals surface area (Å²) >= 11 is 0. The van der Waals surface area contributed by atoms with Gasteiger partial charge in [-0.15, -0.1) is 0 Å². The van der Waals surface area contributed by atoms with Gasteiger partial charge < -0.3 is 20.4 Å². The highest BCUT2D eigenvalue weighted by molar-refractivity contribution is 5.97. The molecule has 0 spiro atoms. The topological polar surface area (TPSA) is 81.8 Å². The van der Waals surface area contributed by atoms with Gasteiger partial charge in [0.05, 0.1) is 0 Å². The molecule has 0 unspecified atom stereocenters. The second-order valence-corrected chi connectivity index (χ2v) is 9.62. The average molecular weight is 499 g/mol. The molecule has 36 heavy (non-hydrogen) atoms. The molecular formula is C27H32F2N4O3. The highest BCUT2D eigenvalue weighted by Gasteiger charge is 2.39. The van der Waals surface area contributed by atoms with E-state index in [-0.39, 0.29) is 41.6 Å². The third kappa shape index (κ3) is 6.87. The van der Waals surface area contributed by atoms with E-state index in [9.17, 15) is 23.2 Å². The second-order valence-electron chi connectivity index (χ2n) is 9.62. The number of nitrogens with one attached hydrogen (secondary N) is 2. The van der Waals surface area contributed by atoms with Crippen molar-refractivity contribution in [2.75, 3.05) is 33.2 Å². The third-order valence-electron chi connectivity index (χ3n) is 6.84. The van der Waals surface area contributed by atoms with Crippen LogP contribution < -0.4 is 10.6 Å². The van der Waals surface area contributed by atoms with Crippen LogP contribution in [0.2, 0.25) is 0 Å². The van der Waals surface area contributed by atoms with E-state index in [4.69, 9.17) is 0 Å². The minimum atomic E-state index is -0.801. The molecule has 1 saturated heterocycles. The Kier molecular flexibility index (Phi) is 8.30. The maximum absolute atomic E-state index is 13.6. The van der Waals surface area contributed by atoms with E-state index in [2.05, 4.69) is 15.5 Å². The van der Waals surface area contributed by atoms with Crippen LogP contribution in [0.25, 0.3) is 0 Å². The van der Waals surface area contributed by atoms with Gasteiger partial charge in [-0.2, -0.15) is 0 Å². The van der Waals surface area contributed by atoms with Gasteiger partial charge in [0.25, 0.3) is 5.91 Å². The predicted molar refractivity (Wildman–Crippen MR) is 131 cm³/mol. The Labute approximate surface area is 209 Å². The lowest BCUT2D eigenvalue weighted by Crippen LogP contribution is -2.54. The molecule has 2 aromatic rings. The van der Waals surface area contributed by atoms with Crippen molar-refractivity contribution in [3.63, 3.8) is 0 Å². The Balaban J connectivity index is 1.30. The lowest BCUT2D eigenvalue weighted by molar-refractivity contribution is -0.135. The van der Waals surface area contributed by atoms with Crippen molar-refractivity contribution in [3.05, 3.63) is 71.3 Å². The molecule has 0 bridgehead atoms. The van der Waals surface area contributed by atoms with Crippen LogP contribution in [0, 0.1) is 11.6 Å². The quantitative estimate of drug-likeness (QED) is 0.557. The normalized spacial score (nSPS) is 20.5. The van der Waals surface area contributed by atoms with E-state index < -0.39 is 17.8 Å². The minimum absolute atomic E-state index is 0.0263. The van der Waals surface area contributed by atoms with Gasteiger partial charge in [0.15, 0.2) is 0 Å². The molecule has 0 aromatic heterocycles. The number of hydrogen-bond acceptors (Lipinski definition) is 4. The summed E-state index contributed by atoms with van der Waals surface area (Å²) in [7, 11) is 1.99. The Morgan fingerprint density at radius 1 is 1.00 bits per heavy atom. The Hall–Kier alpha value is -3.33. The summed E-state index contributed by atoms with van der Waals surface area (Å²) < 4.78 is 26.7. The molecule has 2 fully saturated rings. The van der Waals surface area contributed by atoms with Gasteiger partial charge in [-0.1, -0.05) is 18.2 Å². The largest absolute Gasteiger partial charge is 0.353 e. The van der Waals surface area contributed by atoms with Gasteiger partial charge in [-0.05, 0) is 62.2 Å². The van der Waals surface area contributed by atoms with Gasteiger partial charge in [0.2, 0.25) is 11.8 Å². The Morgan fingerprint density at radius 2 is 1.72 bits per heavy atom. The smallest absolute Gasteiger partial charge is 0.252 e. The average Bonchev–Trinajstić information content (AvgIpc) is 3.62. The molecule has 9 heteroatoms. The summed E-state index contributed by atoms with van der Waals surface area (Å²) in [5, 5.41) is 5.75. The van der Waals surface area contributed by atoms with Crippen molar-refractivity contribution in [2.45, 2.75) is 43.7 Å². The van der Waals surface area contributed by atoms with Crippen molar-refractivity contribution >= 4 is 17.7 Å². The molecule has 3 amide bonds. The molecule has 2 aromatic carbocycles. The number of nitrogens with zero attached hydrogens (tertiary/aromatic N) is 2. The van der Waals surface area contributed by atoms with Crippen molar-refractivity contribution < 1.29 is 23.2 Å². The van der Waals surface area contributed by atoms with E-state index in [1.54, 1.807) is 17.0 Å². The second kappa shape index (κ2) is 11.6. The molecule has 2 aliphatic rings. The number of carbonyl (C=O) groups is 3. The van der Waals surface area contributed by atoms with E-state index in [1.807, 2.05) is 7.05 Å². The molecule has 7 nitrogen and oxygen atoms in total. The first kappa shape index (κ1) is 25.8. The van der Waals surface area contributed by atoms with Crippen LogP contribution in [-0.4, -0.2) is 72.8 Å². The molecule has 1 saturated carbocycles. The number of carbonyl (C=O) groups excluding carboxylic acids is 3. The zero-order chi connectivity index (χ0) is 25.7. The lowest BCUT2D eigenvalue weighted by Gasteiger charge is -2.34. The van der Waals surface area contributed by atoms with E-state index in [0.29, 0.717) is 25.9 Å². The number of likely N-dealkylation sites (N-methyl/N-ethyl adjacent to an activating group) is 1. The fraction of sp³-hybridized carbons (Fsp3) is 0.444. The van der Waals surface area contributed by atoms with Gasteiger partial charge in [0, 0.05) is 50.1 Å². The molecule has 0 radical (unpaired) electrons. The summed E-state index contributed by atoms with van der Waals surface area (Å²) in [4.78, 5) is 42.3. The fourth-order valence-electron chi connectivity index (χ4n) is 4.55. The predicted octanol–water partition coefficient (Wildman–Crippen LogP) is 2.68. The molecule has 192 valence electrons. The molecule has 4 rings (SSSR count). The SMILES string of the molecule is CN1CCN(C(=O)[C@H](CCCC(=O)N[C@H]2C[C@H]2c2ccc(F)cc2)NC(=O)c2cccc(F)c2)CC1. The first-order valence-electron chi connectivity index (χ1n) is 12.4. The fourth-order valence-corrected chi connectivity index (χ4v) is 4.55. The van der Waals surface area contributed by atoms with Crippen LogP contribution in [0.1, 0.15) is 47.5 Å². The minimum Gasteiger partial charge on any atom is -0.353 e. The van der Waals surface area contributed by atoms with E-state index in [0.717, 1.165) is 31.1 Å².